The van der Waals surface area contributed by atoms with E-state index in [1.165, 1.54) is 6.07 Å². The van der Waals surface area contributed by atoms with Gasteiger partial charge in [0.2, 0.25) is 0 Å². The van der Waals surface area contributed by atoms with Gasteiger partial charge in [0, 0.05) is 24.7 Å². The maximum atomic E-state index is 12.3. The van der Waals surface area contributed by atoms with Crippen molar-refractivity contribution in [2.75, 3.05) is 13.1 Å². The first kappa shape index (κ1) is 13.8. The summed E-state index contributed by atoms with van der Waals surface area (Å²) in [6, 6.07) is 3.88. The molecule has 3 rings (SSSR count). The lowest BCUT2D eigenvalue weighted by molar-refractivity contribution is -0.385. The molecule has 21 heavy (non-hydrogen) atoms. The maximum Gasteiger partial charge on any atom is 0.282 e. The normalized spacial score (nSPS) is 24.8. The molecule has 2 fully saturated rings. The molecule has 0 bridgehead atoms. The summed E-state index contributed by atoms with van der Waals surface area (Å²) < 4.78 is 0. The number of phenols is 1. The number of benzene rings is 1. The number of rotatable bonds is 3. The predicted octanol–water partition coefficient (Wildman–Crippen LogP) is 1.27. The van der Waals surface area contributed by atoms with Crippen LogP contribution in [0.4, 0.5) is 5.69 Å². The predicted molar refractivity (Wildman–Crippen MR) is 75.2 cm³/mol. The largest absolute Gasteiger partial charge is 0.508 e. The number of nitrogens with zero attached hydrogens (tertiary/aromatic N) is 2. The van der Waals surface area contributed by atoms with Gasteiger partial charge in [-0.25, -0.2) is 0 Å². The van der Waals surface area contributed by atoms with Crippen LogP contribution >= 0.6 is 0 Å². The van der Waals surface area contributed by atoms with Crippen LogP contribution in [0.15, 0.2) is 18.2 Å². The van der Waals surface area contributed by atoms with Crippen LogP contribution in [0.5, 0.6) is 5.75 Å². The lowest BCUT2D eigenvalue weighted by Crippen LogP contribution is -2.42. The van der Waals surface area contributed by atoms with Crippen molar-refractivity contribution < 1.29 is 14.8 Å². The lowest BCUT2D eigenvalue weighted by atomic mass is 10.1. The summed E-state index contributed by atoms with van der Waals surface area (Å²) in [6.45, 7) is 2.01. The Balaban J connectivity index is 1.79. The standard InChI is InChI=1S/C14H17N3O4/c18-9-3-4-12(17(20)21)10(8-9)14(19)15-11-5-7-16-6-1-2-13(11)16/h3-4,8,11,13,18H,1-2,5-7H2,(H,15,19). The maximum absolute atomic E-state index is 12.3. The minimum Gasteiger partial charge on any atom is -0.508 e. The number of nitrogens with one attached hydrogen (secondary N) is 1. The third-order valence-corrected chi connectivity index (χ3v) is 4.34. The van der Waals surface area contributed by atoms with Crippen molar-refractivity contribution in [1.29, 1.82) is 0 Å². The summed E-state index contributed by atoms with van der Waals surface area (Å²) >= 11 is 0. The SMILES string of the molecule is O=C(NC1CCN2CCCC12)c1cc(O)ccc1[N+](=O)[O-]. The second kappa shape index (κ2) is 5.33. The highest BCUT2D eigenvalue weighted by molar-refractivity contribution is 5.98. The number of hydrogen-bond acceptors (Lipinski definition) is 5. The molecule has 7 nitrogen and oxygen atoms in total. The van der Waals surface area contributed by atoms with Crippen LogP contribution in [0.1, 0.15) is 29.6 Å². The zero-order valence-electron chi connectivity index (χ0n) is 11.5. The van der Waals surface area contributed by atoms with E-state index in [0.29, 0.717) is 6.04 Å². The fraction of sp³-hybridized carbons (Fsp3) is 0.500. The van der Waals surface area contributed by atoms with E-state index < -0.39 is 10.8 Å². The number of hydrogen-bond donors (Lipinski definition) is 2. The summed E-state index contributed by atoms with van der Waals surface area (Å²) in [5.74, 6) is -0.643. The van der Waals surface area contributed by atoms with Crippen molar-refractivity contribution >= 4 is 11.6 Å². The van der Waals surface area contributed by atoms with Gasteiger partial charge in [0.15, 0.2) is 0 Å². The average Bonchev–Trinajstić information content (AvgIpc) is 3.03. The molecule has 2 aliphatic rings. The number of aromatic hydroxyl groups is 1. The number of carbonyl (C=O) groups excluding carboxylic acids is 1. The lowest BCUT2D eigenvalue weighted by Gasteiger charge is -2.21. The first-order valence-electron chi connectivity index (χ1n) is 7.08. The van der Waals surface area contributed by atoms with Crippen molar-refractivity contribution in [3.05, 3.63) is 33.9 Å². The fourth-order valence-electron chi connectivity index (χ4n) is 3.36. The molecule has 2 aliphatic heterocycles. The number of fused-ring (bicyclic) bond motifs is 1. The Morgan fingerprint density at radius 3 is 2.95 bits per heavy atom. The molecule has 0 radical (unpaired) electrons. The molecular formula is C14H17N3O4. The van der Waals surface area contributed by atoms with Crippen LogP contribution in [0.3, 0.4) is 0 Å². The smallest absolute Gasteiger partial charge is 0.282 e. The van der Waals surface area contributed by atoms with Gasteiger partial charge >= 0.3 is 0 Å². The topological polar surface area (TPSA) is 95.7 Å². The van der Waals surface area contributed by atoms with Gasteiger partial charge in [0.05, 0.1) is 4.92 Å². The molecule has 0 spiro atoms. The van der Waals surface area contributed by atoms with E-state index >= 15 is 0 Å². The van der Waals surface area contributed by atoms with E-state index in [1.54, 1.807) is 0 Å². The van der Waals surface area contributed by atoms with Crippen LogP contribution in [0.25, 0.3) is 0 Å². The first-order chi connectivity index (χ1) is 10.1. The summed E-state index contributed by atoms with van der Waals surface area (Å²) in [5.41, 5.74) is -0.372. The highest BCUT2D eigenvalue weighted by Gasteiger charge is 2.38. The molecule has 1 aromatic rings. The monoisotopic (exact) mass is 291 g/mol. The number of amides is 1. The number of phenolic OH excluding ortho intramolecular Hbond substituents is 1. The fourth-order valence-corrected chi connectivity index (χ4v) is 3.36. The van der Waals surface area contributed by atoms with E-state index in [0.717, 1.165) is 44.5 Å². The highest BCUT2D eigenvalue weighted by Crippen LogP contribution is 2.29. The summed E-state index contributed by atoms with van der Waals surface area (Å²) in [7, 11) is 0. The van der Waals surface area contributed by atoms with Gasteiger partial charge in [-0.05, 0) is 37.9 Å². The van der Waals surface area contributed by atoms with E-state index in [9.17, 15) is 20.0 Å². The van der Waals surface area contributed by atoms with E-state index in [4.69, 9.17) is 0 Å². The Kier molecular flexibility index (Phi) is 3.50. The molecule has 112 valence electrons. The van der Waals surface area contributed by atoms with Crippen molar-refractivity contribution in [2.45, 2.75) is 31.3 Å². The summed E-state index contributed by atoms with van der Waals surface area (Å²) in [4.78, 5) is 25.1. The van der Waals surface area contributed by atoms with Gasteiger partial charge in [-0.1, -0.05) is 0 Å². The molecule has 7 heteroatoms. The van der Waals surface area contributed by atoms with Crippen LogP contribution < -0.4 is 5.32 Å². The minimum absolute atomic E-state index is 0.0296. The summed E-state index contributed by atoms with van der Waals surface area (Å²) in [5, 5.41) is 23.4. The molecule has 0 aromatic heterocycles. The number of nitro benzene ring substituents is 1. The molecule has 2 atom stereocenters. The average molecular weight is 291 g/mol. The number of nitro groups is 1. The third-order valence-electron chi connectivity index (χ3n) is 4.34. The van der Waals surface area contributed by atoms with Crippen molar-refractivity contribution in [3.8, 4) is 5.75 Å². The van der Waals surface area contributed by atoms with Gasteiger partial charge in [-0.2, -0.15) is 0 Å². The van der Waals surface area contributed by atoms with Crippen molar-refractivity contribution in [2.24, 2.45) is 0 Å². The van der Waals surface area contributed by atoms with E-state index in [1.807, 2.05) is 0 Å². The quantitative estimate of drug-likeness (QED) is 0.646. The molecule has 2 heterocycles. The van der Waals surface area contributed by atoms with Gasteiger partial charge in [-0.15, -0.1) is 0 Å². The minimum atomic E-state index is -0.606. The molecule has 2 N–H and O–H groups in total. The molecule has 1 amide bonds. The number of carbonyl (C=O) groups is 1. The molecule has 2 saturated heterocycles. The Bertz CT molecular complexity index is 590. The highest BCUT2D eigenvalue weighted by atomic mass is 16.6. The Morgan fingerprint density at radius 1 is 1.38 bits per heavy atom. The zero-order valence-corrected chi connectivity index (χ0v) is 11.5. The Labute approximate surface area is 121 Å². The van der Waals surface area contributed by atoms with Crippen LogP contribution in [-0.2, 0) is 0 Å². The van der Waals surface area contributed by atoms with Crippen molar-refractivity contribution in [3.63, 3.8) is 0 Å². The van der Waals surface area contributed by atoms with Crippen LogP contribution in [0, 0.1) is 10.1 Å². The molecule has 0 aliphatic carbocycles. The molecule has 1 aromatic carbocycles. The molecular weight excluding hydrogens is 274 g/mol. The van der Waals surface area contributed by atoms with Crippen molar-refractivity contribution in [1.82, 2.24) is 10.2 Å². The van der Waals surface area contributed by atoms with E-state index in [-0.39, 0.29) is 23.0 Å². The zero-order chi connectivity index (χ0) is 15.0. The first-order valence-corrected chi connectivity index (χ1v) is 7.08. The Morgan fingerprint density at radius 2 is 2.19 bits per heavy atom. The third kappa shape index (κ3) is 2.56. The summed E-state index contributed by atoms with van der Waals surface area (Å²) in [6.07, 6.45) is 3.04. The van der Waals surface area contributed by atoms with Gasteiger partial charge < -0.3 is 10.4 Å². The van der Waals surface area contributed by atoms with Gasteiger partial charge in [0.25, 0.3) is 11.6 Å². The Hall–Kier alpha value is -2.15. The van der Waals surface area contributed by atoms with Gasteiger partial charge in [0.1, 0.15) is 11.3 Å². The van der Waals surface area contributed by atoms with Gasteiger partial charge in [-0.3, -0.25) is 19.8 Å². The van der Waals surface area contributed by atoms with Crippen LogP contribution in [-0.4, -0.2) is 46.0 Å². The molecule has 2 unspecified atom stereocenters. The second-order valence-electron chi connectivity index (χ2n) is 5.57. The van der Waals surface area contributed by atoms with E-state index in [2.05, 4.69) is 10.2 Å². The second-order valence-corrected chi connectivity index (χ2v) is 5.57. The molecule has 0 saturated carbocycles. The van der Waals surface area contributed by atoms with Crippen LogP contribution in [0.2, 0.25) is 0 Å².